The van der Waals surface area contributed by atoms with E-state index in [0.29, 0.717) is 6.04 Å². The molecule has 1 heterocycles. The van der Waals surface area contributed by atoms with Gasteiger partial charge in [-0.15, -0.1) is 0 Å². The van der Waals surface area contributed by atoms with E-state index in [0.717, 1.165) is 17.8 Å². The molecule has 0 aromatic carbocycles. The number of rotatable bonds is 4. The lowest BCUT2D eigenvalue weighted by molar-refractivity contribution is 0.590. The van der Waals surface area contributed by atoms with Crippen molar-refractivity contribution in [1.82, 2.24) is 15.5 Å². The maximum atomic E-state index is 3.88. The van der Waals surface area contributed by atoms with Crippen molar-refractivity contribution in [2.75, 3.05) is 6.54 Å². The van der Waals surface area contributed by atoms with Crippen molar-refractivity contribution in [3.8, 4) is 0 Å². The van der Waals surface area contributed by atoms with Gasteiger partial charge in [0, 0.05) is 18.8 Å². The molecular weight excluding hydrogens is 150 g/mol. The Hall–Kier alpha value is -1.09. The van der Waals surface area contributed by atoms with E-state index in [4.69, 9.17) is 0 Å². The van der Waals surface area contributed by atoms with Crippen LogP contribution in [0.25, 0.3) is 0 Å². The first kappa shape index (κ1) is 9.00. The molecule has 1 aromatic heterocycles. The molecule has 0 radical (unpaired) electrons. The van der Waals surface area contributed by atoms with Gasteiger partial charge in [0.25, 0.3) is 0 Å². The smallest absolute Gasteiger partial charge is 0.0518 e. The summed E-state index contributed by atoms with van der Waals surface area (Å²) in [5, 5.41) is 10.1. The van der Waals surface area contributed by atoms with Crippen molar-refractivity contribution >= 4 is 0 Å². The molecular formula is C9H15N3. The number of nitrogens with zero attached hydrogens (tertiary/aromatic N) is 1. The number of hydrogen-bond acceptors (Lipinski definition) is 2. The molecule has 66 valence electrons. The van der Waals surface area contributed by atoms with E-state index in [-0.39, 0.29) is 0 Å². The Bertz CT molecular complexity index is 238. The molecule has 0 amide bonds. The van der Waals surface area contributed by atoms with Gasteiger partial charge >= 0.3 is 0 Å². The van der Waals surface area contributed by atoms with Gasteiger partial charge in [-0.1, -0.05) is 12.2 Å². The Balaban J connectivity index is 2.39. The SMILES string of the molecule is C=C(C)CNC(C)c1ccn[nH]1. The molecule has 12 heavy (non-hydrogen) atoms. The molecule has 1 unspecified atom stereocenters. The number of aromatic nitrogens is 2. The molecule has 0 bridgehead atoms. The molecule has 0 spiro atoms. The minimum absolute atomic E-state index is 0.309. The lowest BCUT2D eigenvalue weighted by atomic mass is 10.2. The summed E-state index contributed by atoms with van der Waals surface area (Å²) >= 11 is 0. The Labute approximate surface area is 72.9 Å². The van der Waals surface area contributed by atoms with Gasteiger partial charge in [0.1, 0.15) is 0 Å². The van der Waals surface area contributed by atoms with Crippen LogP contribution in [-0.2, 0) is 0 Å². The first-order chi connectivity index (χ1) is 5.70. The first-order valence-corrected chi connectivity index (χ1v) is 4.07. The third-order valence-electron chi connectivity index (χ3n) is 1.70. The van der Waals surface area contributed by atoms with E-state index >= 15 is 0 Å². The third-order valence-corrected chi connectivity index (χ3v) is 1.70. The summed E-state index contributed by atoms with van der Waals surface area (Å²) < 4.78 is 0. The molecule has 2 N–H and O–H groups in total. The van der Waals surface area contributed by atoms with Crippen molar-refractivity contribution in [1.29, 1.82) is 0 Å². The van der Waals surface area contributed by atoms with Crippen LogP contribution in [0.4, 0.5) is 0 Å². The maximum absolute atomic E-state index is 3.88. The van der Waals surface area contributed by atoms with Crippen LogP contribution in [0.1, 0.15) is 25.6 Å². The van der Waals surface area contributed by atoms with Gasteiger partial charge in [-0.25, -0.2) is 0 Å². The fourth-order valence-electron chi connectivity index (χ4n) is 0.945. The molecule has 0 saturated carbocycles. The molecule has 3 nitrogen and oxygen atoms in total. The zero-order valence-electron chi connectivity index (χ0n) is 7.59. The van der Waals surface area contributed by atoms with Crippen LogP contribution in [0.3, 0.4) is 0 Å². The Morgan fingerprint density at radius 2 is 2.58 bits per heavy atom. The summed E-state index contributed by atoms with van der Waals surface area (Å²) in [6.07, 6.45) is 1.76. The normalized spacial score (nSPS) is 12.8. The predicted molar refractivity (Wildman–Crippen MR) is 49.8 cm³/mol. The van der Waals surface area contributed by atoms with Crippen LogP contribution in [0, 0.1) is 0 Å². The highest BCUT2D eigenvalue weighted by Gasteiger charge is 2.03. The molecule has 0 aliphatic heterocycles. The first-order valence-electron chi connectivity index (χ1n) is 4.07. The van der Waals surface area contributed by atoms with Crippen molar-refractivity contribution in [2.24, 2.45) is 0 Å². The molecule has 0 aliphatic rings. The fraction of sp³-hybridized carbons (Fsp3) is 0.444. The van der Waals surface area contributed by atoms with Crippen molar-refractivity contribution < 1.29 is 0 Å². The summed E-state index contributed by atoms with van der Waals surface area (Å²) in [6, 6.07) is 2.28. The van der Waals surface area contributed by atoms with Gasteiger partial charge in [0.15, 0.2) is 0 Å². The van der Waals surface area contributed by atoms with E-state index in [1.54, 1.807) is 6.20 Å². The van der Waals surface area contributed by atoms with E-state index in [1.807, 2.05) is 13.0 Å². The Kier molecular flexibility index (Phi) is 3.05. The molecule has 1 atom stereocenters. The van der Waals surface area contributed by atoms with Crippen LogP contribution in [-0.4, -0.2) is 16.7 Å². The number of aromatic amines is 1. The number of H-pyrrole nitrogens is 1. The van der Waals surface area contributed by atoms with Crippen LogP contribution in [0.2, 0.25) is 0 Å². The van der Waals surface area contributed by atoms with E-state index in [9.17, 15) is 0 Å². The average molecular weight is 165 g/mol. The minimum atomic E-state index is 0.309. The van der Waals surface area contributed by atoms with Crippen LogP contribution in [0.5, 0.6) is 0 Å². The summed E-state index contributed by atoms with van der Waals surface area (Å²) in [5.74, 6) is 0. The molecule has 0 aliphatic carbocycles. The van der Waals surface area contributed by atoms with Gasteiger partial charge in [0.05, 0.1) is 5.69 Å². The molecule has 0 saturated heterocycles. The maximum Gasteiger partial charge on any atom is 0.0518 e. The average Bonchev–Trinajstić information content (AvgIpc) is 2.51. The standard InChI is InChI=1S/C9H15N3/c1-7(2)6-10-8(3)9-4-5-11-12-9/h4-5,8,10H,1,6H2,2-3H3,(H,11,12). The van der Waals surface area contributed by atoms with Gasteiger partial charge in [-0.05, 0) is 19.9 Å². The lowest BCUT2D eigenvalue weighted by Crippen LogP contribution is -2.20. The highest BCUT2D eigenvalue weighted by Crippen LogP contribution is 2.06. The van der Waals surface area contributed by atoms with Crippen molar-refractivity contribution in [2.45, 2.75) is 19.9 Å². The van der Waals surface area contributed by atoms with Crippen molar-refractivity contribution in [3.05, 3.63) is 30.1 Å². The van der Waals surface area contributed by atoms with E-state index in [2.05, 4.69) is 29.0 Å². The van der Waals surface area contributed by atoms with E-state index in [1.165, 1.54) is 0 Å². The topological polar surface area (TPSA) is 40.7 Å². The minimum Gasteiger partial charge on any atom is -0.305 e. The predicted octanol–water partition coefficient (Wildman–Crippen LogP) is 1.64. The van der Waals surface area contributed by atoms with Gasteiger partial charge < -0.3 is 5.32 Å². The Morgan fingerprint density at radius 1 is 1.83 bits per heavy atom. The zero-order valence-corrected chi connectivity index (χ0v) is 7.59. The Morgan fingerprint density at radius 3 is 3.08 bits per heavy atom. The molecule has 1 aromatic rings. The van der Waals surface area contributed by atoms with Gasteiger partial charge in [-0.3, -0.25) is 5.10 Å². The molecule has 1 rings (SSSR count). The van der Waals surface area contributed by atoms with Crippen LogP contribution < -0.4 is 5.32 Å². The zero-order chi connectivity index (χ0) is 8.97. The summed E-state index contributed by atoms with van der Waals surface area (Å²) in [6.45, 7) is 8.77. The van der Waals surface area contributed by atoms with Crippen LogP contribution >= 0.6 is 0 Å². The van der Waals surface area contributed by atoms with Gasteiger partial charge in [-0.2, -0.15) is 5.10 Å². The van der Waals surface area contributed by atoms with Gasteiger partial charge in [0.2, 0.25) is 0 Å². The highest BCUT2D eigenvalue weighted by molar-refractivity contribution is 5.04. The van der Waals surface area contributed by atoms with Crippen molar-refractivity contribution in [3.63, 3.8) is 0 Å². The van der Waals surface area contributed by atoms with E-state index < -0.39 is 0 Å². The fourth-order valence-corrected chi connectivity index (χ4v) is 0.945. The largest absolute Gasteiger partial charge is 0.305 e. The number of hydrogen-bond donors (Lipinski definition) is 2. The monoisotopic (exact) mass is 165 g/mol. The number of nitrogens with one attached hydrogen (secondary N) is 2. The third kappa shape index (κ3) is 2.51. The van der Waals surface area contributed by atoms with Crippen LogP contribution in [0.15, 0.2) is 24.4 Å². The summed E-state index contributed by atoms with van der Waals surface area (Å²) in [5.41, 5.74) is 2.25. The second kappa shape index (κ2) is 4.07. The molecule has 0 fully saturated rings. The second-order valence-electron chi connectivity index (χ2n) is 3.07. The second-order valence-corrected chi connectivity index (χ2v) is 3.07. The summed E-state index contributed by atoms with van der Waals surface area (Å²) in [4.78, 5) is 0. The highest BCUT2D eigenvalue weighted by atomic mass is 15.1. The quantitative estimate of drug-likeness (QED) is 0.666. The molecule has 3 heteroatoms. The summed E-state index contributed by atoms with van der Waals surface area (Å²) in [7, 11) is 0. The lowest BCUT2D eigenvalue weighted by Gasteiger charge is -2.10.